The third-order valence-electron chi connectivity index (χ3n) is 2.75. The number of piperidine rings is 1. The molecule has 116 valence electrons. The van der Waals surface area contributed by atoms with Gasteiger partial charge in [-0.05, 0) is 40.0 Å². The largest absolute Gasteiger partial charge is 0.460 e. The van der Waals surface area contributed by atoms with E-state index in [1.165, 1.54) is 0 Å². The van der Waals surface area contributed by atoms with E-state index in [-0.39, 0.29) is 31.9 Å². The van der Waals surface area contributed by atoms with E-state index in [9.17, 15) is 9.59 Å². The zero-order valence-electron chi connectivity index (χ0n) is 12.6. The Hall–Kier alpha value is -1.30. The summed E-state index contributed by atoms with van der Waals surface area (Å²) in [5.41, 5.74) is -0.488. The minimum absolute atomic E-state index is 0.127. The second kappa shape index (κ2) is 8.09. The number of nitrogens with zero attached hydrogens (tertiary/aromatic N) is 1. The summed E-state index contributed by atoms with van der Waals surface area (Å²) in [6, 6.07) is 0. The van der Waals surface area contributed by atoms with Crippen molar-refractivity contribution in [2.24, 2.45) is 0 Å². The van der Waals surface area contributed by atoms with Crippen LogP contribution >= 0.6 is 0 Å². The summed E-state index contributed by atoms with van der Waals surface area (Å²) in [7, 11) is 0. The van der Waals surface area contributed by atoms with Gasteiger partial charge in [0.05, 0.1) is 13.0 Å². The third kappa shape index (κ3) is 7.33. The van der Waals surface area contributed by atoms with E-state index in [4.69, 9.17) is 14.2 Å². The smallest absolute Gasteiger partial charge is 0.411 e. The van der Waals surface area contributed by atoms with Crippen LogP contribution in [0.2, 0.25) is 0 Å². The zero-order valence-corrected chi connectivity index (χ0v) is 12.6. The lowest BCUT2D eigenvalue weighted by Gasteiger charge is -2.25. The molecule has 0 N–H and O–H groups in total. The van der Waals surface area contributed by atoms with Crippen LogP contribution in [0.4, 0.5) is 4.79 Å². The lowest BCUT2D eigenvalue weighted by atomic mass is 10.1. The molecule has 6 nitrogen and oxygen atoms in total. The highest BCUT2D eigenvalue weighted by molar-refractivity contribution is 5.70. The molecule has 20 heavy (non-hydrogen) atoms. The summed E-state index contributed by atoms with van der Waals surface area (Å²) < 4.78 is 15.2. The molecule has 0 bridgehead atoms. The summed E-state index contributed by atoms with van der Waals surface area (Å²) in [6.07, 6.45) is 3.01. The van der Waals surface area contributed by atoms with Crippen molar-refractivity contribution in [2.45, 2.75) is 52.1 Å². The van der Waals surface area contributed by atoms with Crippen molar-refractivity contribution >= 4 is 12.1 Å². The summed E-state index contributed by atoms with van der Waals surface area (Å²) >= 11 is 0. The number of hydrogen-bond acceptors (Lipinski definition) is 5. The van der Waals surface area contributed by atoms with Gasteiger partial charge in [-0.1, -0.05) is 0 Å². The number of likely N-dealkylation sites (tertiary alicyclic amines) is 1. The SMILES string of the molecule is CC(C)(C)OC(=O)CCOCOC(=O)N1CCCCC1. The van der Waals surface area contributed by atoms with Crippen molar-refractivity contribution in [1.82, 2.24) is 4.90 Å². The predicted molar refractivity (Wildman–Crippen MR) is 73.2 cm³/mol. The summed E-state index contributed by atoms with van der Waals surface area (Å²) in [5.74, 6) is -0.320. The van der Waals surface area contributed by atoms with E-state index in [0.717, 1.165) is 32.4 Å². The lowest BCUT2D eigenvalue weighted by molar-refractivity contribution is -0.156. The number of rotatable bonds is 5. The maximum absolute atomic E-state index is 11.6. The van der Waals surface area contributed by atoms with Crippen molar-refractivity contribution < 1.29 is 23.8 Å². The van der Waals surface area contributed by atoms with E-state index in [0.29, 0.717) is 0 Å². The molecule has 0 unspecified atom stereocenters. The normalized spacial score (nSPS) is 15.8. The van der Waals surface area contributed by atoms with E-state index < -0.39 is 5.60 Å². The Labute approximate surface area is 120 Å². The Morgan fingerprint density at radius 2 is 1.75 bits per heavy atom. The molecule has 0 aromatic heterocycles. The van der Waals surface area contributed by atoms with Crippen molar-refractivity contribution in [3.8, 4) is 0 Å². The first-order valence-electron chi connectivity index (χ1n) is 7.10. The molecule has 0 aromatic rings. The Balaban J connectivity index is 2.04. The highest BCUT2D eigenvalue weighted by Gasteiger charge is 2.18. The number of ether oxygens (including phenoxy) is 3. The lowest BCUT2D eigenvalue weighted by Crippen LogP contribution is -2.36. The maximum Gasteiger partial charge on any atom is 0.411 e. The van der Waals surface area contributed by atoms with Gasteiger partial charge in [0.25, 0.3) is 0 Å². The fraction of sp³-hybridized carbons (Fsp3) is 0.857. The number of amides is 1. The van der Waals surface area contributed by atoms with Crippen molar-refractivity contribution in [2.75, 3.05) is 26.5 Å². The molecule has 1 rings (SSSR count). The van der Waals surface area contributed by atoms with Gasteiger partial charge >= 0.3 is 12.1 Å². The molecule has 0 atom stereocenters. The molecular weight excluding hydrogens is 262 g/mol. The molecule has 1 aliphatic rings. The van der Waals surface area contributed by atoms with Crippen LogP contribution in [0.3, 0.4) is 0 Å². The average Bonchev–Trinajstić information content (AvgIpc) is 2.37. The van der Waals surface area contributed by atoms with Crippen LogP contribution in [-0.2, 0) is 19.0 Å². The molecule has 1 heterocycles. The second-order valence-corrected chi connectivity index (χ2v) is 5.82. The number of esters is 1. The van der Waals surface area contributed by atoms with E-state index in [1.54, 1.807) is 4.90 Å². The molecule has 0 aromatic carbocycles. The second-order valence-electron chi connectivity index (χ2n) is 5.82. The van der Waals surface area contributed by atoms with Gasteiger partial charge in [0.1, 0.15) is 5.60 Å². The van der Waals surface area contributed by atoms with Gasteiger partial charge in [0.15, 0.2) is 6.79 Å². The first-order chi connectivity index (χ1) is 9.38. The van der Waals surface area contributed by atoms with E-state index >= 15 is 0 Å². The Morgan fingerprint density at radius 3 is 2.35 bits per heavy atom. The predicted octanol–water partition coefficient (Wildman–Crippen LogP) is 2.31. The summed E-state index contributed by atoms with van der Waals surface area (Å²) in [5, 5.41) is 0. The molecule has 0 radical (unpaired) electrons. The first-order valence-corrected chi connectivity index (χ1v) is 7.10. The maximum atomic E-state index is 11.6. The molecule has 1 fully saturated rings. The van der Waals surface area contributed by atoms with Gasteiger partial charge in [0.2, 0.25) is 0 Å². The molecule has 1 amide bonds. The van der Waals surface area contributed by atoms with Crippen LogP contribution < -0.4 is 0 Å². The van der Waals surface area contributed by atoms with Crippen molar-refractivity contribution in [3.05, 3.63) is 0 Å². The fourth-order valence-electron chi connectivity index (χ4n) is 1.87. The molecule has 0 spiro atoms. The van der Waals surface area contributed by atoms with Crippen molar-refractivity contribution in [1.29, 1.82) is 0 Å². The Bertz CT molecular complexity index is 318. The first kappa shape index (κ1) is 16.8. The molecule has 6 heteroatoms. The van der Waals surface area contributed by atoms with Crippen LogP contribution in [0.5, 0.6) is 0 Å². The molecule has 0 saturated carbocycles. The van der Waals surface area contributed by atoms with Gasteiger partial charge in [-0.15, -0.1) is 0 Å². The van der Waals surface area contributed by atoms with Gasteiger partial charge in [-0.25, -0.2) is 4.79 Å². The zero-order chi connectivity index (χ0) is 15.0. The molecule has 1 saturated heterocycles. The minimum Gasteiger partial charge on any atom is -0.460 e. The van der Waals surface area contributed by atoms with Gasteiger partial charge in [-0.2, -0.15) is 0 Å². The Kier molecular flexibility index (Phi) is 6.78. The quantitative estimate of drug-likeness (QED) is 0.441. The Morgan fingerprint density at radius 1 is 1.10 bits per heavy atom. The van der Waals surface area contributed by atoms with Crippen LogP contribution in [0.1, 0.15) is 46.5 Å². The minimum atomic E-state index is -0.488. The number of hydrogen-bond donors (Lipinski definition) is 0. The number of carbonyl (C=O) groups is 2. The molecule has 1 aliphatic heterocycles. The molecule has 0 aliphatic carbocycles. The standard InChI is InChI=1S/C14H25NO5/c1-14(2,3)20-12(16)7-10-18-11-19-13(17)15-8-5-4-6-9-15/h4-11H2,1-3H3. The number of carbonyl (C=O) groups excluding carboxylic acids is 2. The van der Waals surface area contributed by atoms with Crippen LogP contribution in [0.25, 0.3) is 0 Å². The topological polar surface area (TPSA) is 65.1 Å². The van der Waals surface area contributed by atoms with Gasteiger partial charge < -0.3 is 19.1 Å². The van der Waals surface area contributed by atoms with Crippen molar-refractivity contribution in [3.63, 3.8) is 0 Å². The average molecular weight is 287 g/mol. The summed E-state index contributed by atoms with van der Waals surface area (Å²) in [6.45, 7) is 6.98. The summed E-state index contributed by atoms with van der Waals surface area (Å²) in [4.78, 5) is 24.7. The van der Waals surface area contributed by atoms with Crippen LogP contribution in [0.15, 0.2) is 0 Å². The third-order valence-corrected chi connectivity index (χ3v) is 2.75. The highest BCUT2D eigenvalue weighted by atomic mass is 16.7. The van der Waals surface area contributed by atoms with Gasteiger partial charge in [-0.3, -0.25) is 4.79 Å². The monoisotopic (exact) mass is 287 g/mol. The van der Waals surface area contributed by atoms with E-state index in [1.807, 2.05) is 20.8 Å². The fourth-order valence-corrected chi connectivity index (χ4v) is 1.87. The van der Waals surface area contributed by atoms with Crippen LogP contribution in [0, 0.1) is 0 Å². The van der Waals surface area contributed by atoms with Crippen LogP contribution in [-0.4, -0.2) is 49.1 Å². The molecular formula is C14H25NO5. The highest BCUT2D eigenvalue weighted by Crippen LogP contribution is 2.10. The van der Waals surface area contributed by atoms with E-state index in [2.05, 4.69) is 0 Å². The van der Waals surface area contributed by atoms with Gasteiger partial charge in [0, 0.05) is 13.1 Å².